The first kappa shape index (κ1) is 14.6. The van der Waals surface area contributed by atoms with Crippen molar-refractivity contribution >= 4 is 29.3 Å². The average molecular weight is 333 g/mol. The van der Waals surface area contributed by atoms with E-state index in [4.69, 9.17) is 12.2 Å². The number of H-pyrrole nitrogens is 2. The monoisotopic (exact) mass is 333 g/mol. The average Bonchev–Trinajstić information content (AvgIpc) is 3.19. The Morgan fingerprint density at radius 1 is 1.08 bits per heavy atom. The van der Waals surface area contributed by atoms with Gasteiger partial charge in [-0.1, -0.05) is 48.5 Å². The normalized spacial score (nSPS) is 11.5. The minimum atomic E-state index is 0.483. The molecule has 0 saturated carbocycles. The second kappa shape index (κ2) is 6.25. The molecule has 0 spiro atoms. The first-order valence-electron chi connectivity index (χ1n) is 7.62. The first-order chi connectivity index (χ1) is 11.8. The molecule has 2 aromatic carbocycles. The first-order valence-corrected chi connectivity index (χ1v) is 8.03. The van der Waals surface area contributed by atoms with E-state index in [1.807, 2.05) is 48.7 Å². The predicted molar refractivity (Wildman–Crippen MR) is 98.0 cm³/mol. The number of aromatic nitrogens is 4. The molecule has 2 aromatic heterocycles. The van der Waals surface area contributed by atoms with Crippen molar-refractivity contribution in [2.75, 3.05) is 0 Å². The van der Waals surface area contributed by atoms with E-state index in [0.29, 0.717) is 11.2 Å². The van der Waals surface area contributed by atoms with Gasteiger partial charge in [0.1, 0.15) is 0 Å². The lowest BCUT2D eigenvalue weighted by Crippen LogP contribution is -2.00. The molecule has 5 nitrogen and oxygen atoms in total. The fourth-order valence-corrected chi connectivity index (χ4v) is 2.87. The summed E-state index contributed by atoms with van der Waals surface area (Å²) in [6, 6.07) is 18.1. The van der Waals surface area contributed by atoms with Crippen LogP contribution in [0.3, 0.4) is 0 Å². The molecule has 0 aliphatic carbocycles. The second-order valence-corrected chi connectivity index (χ2v) is 5.84. The summed E-state index contributed by atoms with van der Waals surface area (Å²) >= 11 is 5.30. The van der Waals surface area contributed by atoms with Crippen molar-refractivity contribution in [3.8, 4) is 0 Å². The van der Waals surface area contributed by atoms with Gasteiger partial charge in [-0.25, -0.2) is 0 Å². The van der Waals surface area contributed by atoms with Gasteiger partial charge in [0.2, 0.25) is 4.77 Å². The number of benzene rings is 2. The van der Waals surface area contributed by atoms with E-state index in [1.54, 1.807) is 10.9 Å². The number of hydrogen-bond acceptors (Lipinski definition) is 3. The molecule has 0 atom stereocenters. The largest absolute Gasteiger partial charge is 0.361 e. The quantitative estimate of drug-likeness (QED) is 0.439. The van der Waals surface area contributed by atoms with Crippen LogP contribution < -0.4 is 0 Å². The lowest BCUT2D eigenvalue weighted by molar-refractivity contribution is 0.793. The molecule has 0 aliphatic rings. The topological polar surface area (TPSA) is 61.8 Å². The Morgan fingerprint density at radius 3 is 2.75 bits per heavy atom. The van der Waals surface area contributed by atoms with Crippen molar-refractivity contribution in [2.45, 2.75) is 6.42 Å². The molecule has 24 heavy (non-hydrogen) atoms. The zero-order chi connectivity index (χ0) is 16.4. The molecule has 2 N–H and O–H groups in total. The third-order valence-electron chi connectivity index (χ3n) is 3.86. The summed E-state index contributed by atoms with van der Waals surface area (Å²) in [5.74, 6) is 0.775. The number of para-hydroxylation sites is 1. The van der Waals surface area contributed by atoms with Gasteiger partial charge in [-0.2, -0.15) is 14.9 Å². The van der Waals surface area contributed by atoms with Crippen LogP contribution in [0.15, 0.2) is 65.9 Å². The van der Waals surface area contributed by atoms with E-state index >= 15 is 0 Å². The minimum absolute atomic E-state index is 0.483. The maximum absolute atomic E-state index is 5.30. The fourth-order valence-electron chi connectivity index (χ4n) is 2.67. The van der Waals surface area contributed by atoms with Crippen LogP contribution in [0.25, 0.3) is 10.9 Å². The highest BCUT2D eigenvalue weighted by molar-refractivity contribution is 7.71. The molecule has 6 heteroatoms. The van der Waals surface area contributed by atoms with Crippen LogP contribution in [0, 0.1) is 4.77 Å². The van der Waals surface area contributed by atoms with Crippen LogP contribution in [-0.2, 0) is 6.42 Å². The van der Waals surface area contributed by atoms with E-state index in [-0.39, 0.29) is 0 Å². The Balaban J connectivity index is 1.67. The van der Waals surface area contributed by atoms with Crippen LogP contribution in [0.2, 0.25) is 0 Å². The molecular weight excluding hydrogens is 318 g/mol. The Bertz CT molecular complexity index is 1060. The number of fused-ring (bicyclic) bond motifs is 1. The highest BCUT2D eigenvalue weighted by atomic mass is 32.1. The van der Waals surface area contributed by atoms with E-state index in [9.17, 15) is 0 Å². The van der Waals surface area contributed by atoms with E-state index < -0.39 is 0 Å². The van der Waals surface area contributed by atoms with Gasteiger partial charge < -0.3 is 4.98 Å². The van der Waals surface area contributed by atoms with Crippen LogP contribution in [0.1, 0.15) is 17.0 Å². The summed E-state index contributed by atoms with van der Waals surface area (Å²) in [5.41, 5.74) is 3.29. The van der Waals surface area contributed by atoms with Crippen molar-refractivity contribution in [3.63, 3.8) is 0 Å². The summed E-state index contributed by atoms with van der Waals surface area (Å²) in [4.78, 5) is 3.28. The van der Waals surface area contributed by atoms with Gasteiger partial charge in [0, 0.05) is 23.5 Å². The summed E-state index contributed by atoms with van der Waals surface area (Å²) in [6.07, 6.45) is 4.43. The maximum Gasteiger partial charge on any atom is 0.216 e. The molecule has 2 heterocycles. The van der Waals surface area contributed by atoms with Gasteiger partial charge >= 0.3 is 0 Å². The van der Waals surface area contributed by atoms with Crippen molar-refractivity contribution in [1.82, 2.24) is 19.9 Å². The van der Waals surface area contributed by atoms with Crippen molar-refractivity contribution in [3.05, 3.63) is 82.5 Å². The summed E-state index contributed by atoms with van der Waals surface area (Å²) in [5, 5.41) is 12.8. The molecule has 4 aromatic rings. The SMILES string of the molecule is S=c1[nH]nc(Cc2c[nH]c3ccccc23)n1/N=C/c1ccccc1. The highest BCUT2D eigenvalue weighted by Gasteiger charge is 2.10. The van der Waals surface area contributed by atoms with Gasteiger partial charge in [-0.15, -0.1) is 0 Å². The molecular formula is C18H15N5S. The van der Waals surface area contributed by atoms with Gasteiger partial charge in [0.25, 0.3) is 0 Å². The molecule has 0 amide bonds. The Hall–Kier alpha value is -2.99. The number of hydrogen-bond donors (Lipinski definition) is 2. The van der Waals surface area contributed by atoms with Crippen LogP contribution in [0.4, 0.5) is 0 Å². The standard InChI is InChI=1S/C18H15N5S/c24-18-22-21-17(23(18)20-11-13-6-2-1-3-7-13)10-14-12-19-16-9-5-4-8-15(14)16/h1-9,11-12,19H,10H2,(H,22,24)/b20-11+. The lowest BCUT2D eigenvalue weighted by Gasteiger charge is -2.00. The van der Waals surface area contributed by atoms with Gasteiger partial charge in [-0.3, -0.25) is 5.10 Å². The molecule has 0 unspecified atom stereocenters. The maximum atomic E-state index is 5.30. The van der Waals surface area contributed by atoms with E-state index in [2.05, 4.69) is 32.4 Å². The highest BCUT2D eigenvalue weighted by Crippen LogP contribution is 2.20. The van der Waals surface area contributed by atoms with Crippen molar-refractivity contribution in [1.29, 1.82) is 0 Å². The number of aromatic amines is 2. The summed E-state index contributed by atoms with van der Waals surface area (Å²) in [7, 11) is 0. The lowest BCUT2D eigenvalue weighted by atomic mass is 10.1. The molecule has 0 saturated heterocycles. The Kier molecular flexibility index (Phi) is 3.80. The third-order valence-corrected chi connectivity index (χ3v) is 4.13. The molecule has 118 valence electrons. The molecule has 0 fully saturated rings. The van der Waals surface area contributed by atoms with Crippen molar-refractivity contribution in [2.24, 2.45) is 5.10 Å². The zero-order valence-corrected chi connectivity index (χ0v) is 13.6. The number of nitrogens with zero attached hydrogens (tertiary/aromatic N) is 3. The van der Waals surface area contributed by atoms with Crippen LogP contribution >= 0.6 is 12.2 Å². The van der Waals surface area contributed by atoms with Crippen molar-refractivity contribution < 1.29 is 0 Å². The Labute approximate surface area is 143 Å². The molecule has 0 bridgehead atoms. The molecule has 0 aliphatic heterocycles. The van der Waals surface area contributed by atoms with E-state index in [0.717, 1.165) is 22.5 Å². The smallest absolute Gasteiger partial charge is 0.216 e. The fraction of sp³-hybridized carbons (Fsp3) is 0.0556. The predicted octanol–water partition coefficient (Wildman–Crippen LogP) is 3.89. The van der Waals surface area contributed by atoms with Crippen LogP contribution in [-0.4, -0.2) is 26.1 Å². The Morgan fingerprint density at radius 2 is 1.88 bits per heavy atom. The summed E-state index contributed by atoms with van der Waals surface area (Å²) < 4.78 is 2.15. The molecule has 4 rings (SSSR count). The third kappa shape index (κ3) is 2.79. The van der Waals surface area contributed by atoms with Gasteiger partial charge in [0.15, 0.2) is 5.82 Å². The minimum Gasteiger partial charge on any atom is -0.361 e. The van der Waals surface area contributed by atoms with Gasteiger partial charge in [-0.05, 0) is 29.4 Å². The summed E-state index contributed by atoms with van der Waals surface area (Å²) in [6.45, 7) is 0. The second-order valence-electron chi connectivity index (χ2n) is 5.45. The number of nitrogens with one attached hydrogen (secondary N) is 2. The number of rotatable bonds is 4. The zero-order valence-electron chi connectivity index (χ0n) is 12.8. The van der Waals surface area contributed by atoms with E-state index in [1.165, 1.54) is 5.39 Å². The molecule has 0 radical (unpaired) electrons. The van der Waals surface area contributed by atoms with Crippen LogP contribution in [0.5, 0.6) is 0 Å². The van der Waals surface area contributed by atoms with Gasteiger partial charge in [0.05, 0.1) is 6.21 Å².